The van der Waals surface area contributed by atoms with Crippen molar-refractivity contribution >= 4 is 28.6 Å². The number of hydrogen-bond acceptors (Lipinski definition) is 6. The second kappa shape index (κ2) is 8.72. The Kier molecular flexibility index (Phi) is 5.99. The number of nitrogens with zero attached hydrogens (tertiary/aromatic N) is 3. The molecule has 1 aliphatic heterocycles. The second-order valence-corrected chi connectivity index (χ2v) is 8.27. The van der Waals surface area contributed by atoms with Gasteiger partial charge in [0.05, 0.1) is 23.6 Å². The number of rotatable bonds is 5. The fourth-order valence-corrected chi connectivity index (χ4v) is 4.51. The van der Waals surface area contributed by atoms with E-state index >= 15 is 0 Å². The van der Waals surface area contributed by atoms with Gasteiger partial charge in [0.25, 0.3) is 0 Å². The summed E-state index contributed by atoms with van der Waals surface area (Å²) < 4.78 is 43.7. The van der Waals surface area contributed by atoms with Crippen LogP contribution in [0, 0.1) is 11.3 Å². The Morgan fingerprint density at radius 2 is 2.22 bits per heavy atom. The molecule has 4 rings (SSSR count). The third-order valence-corrected chi connectivity index (χ3v) is 6.11. The number of carbonyl (C=O) groups is 1. The highest BCUT2D eigenvalue weighted by atomic mass is 32.2. The second-order valence-electron chi connectivity index (χ2n) is 7.27. The minimum absolute atomic E-state index is 0.0235. The molecule has 3 aromatic rings. The predicted octanol–water partition coefficient (Wildman–Crippen LogP) is 3.67. The van der Waals surface area contributed by atoms with Crippen LogP contribution in [-0.2, 0) is 17.4 Å². The van der Waals surface area contributed by atoms with Crippen LogP contribution >= 0.6 is 11.8 Å². The van der Waals surface area contributed by atoms with Gasteiger partial charge in [-0.3, -0.25) is 4.79 Å². The molecule has 3 N–H and O–H groups in total. The van der Waals surface area contributed by atoms with Crippen molar-refractivity contribution in [1.82, 2.24) is 14.9 Å². The Labute approximate surface area is 185 Å². The number of hydrogen-bond donors (Lipinski definition) is 2. The number of H-pyrrole nitrogens is 1. The van der Waals surface area contributed by atoms with Crippen molar-refractivity contribution in [2.45, 2.75) is 24.7 Å². The van der Waals surface area contributed by atoms with E-state index in [0.29, 0.717) is 23.6 Å². The number of amides is 1. The number of nitriles is 1. The van der Waals surface area contributed by atoms with Crippen LogP contribution in [0.3, 0.4) is 0 Å². The average molecular weight is 461 g/mol. The number of halogens is 3. The van der Waals surface area contributed by atoms with Crippen LogP contribution in [0.4, 0.5) is 13.2 Å². The lowest BCUT2D eigenvalue weighted by Crippen LogP contribution is -2.47. The van der Waals surface area contributed by atoms with E-state index in [9.17, 15) is 23.2 Å². The summed E-state index contributed by atoms with van der Waals surface area (Å²) in [7, 11) is 0. The van der Waals surface area contributed by atoms with Gasteiger partial charge in [-0.05, 0) is 36.2 Å². The summed E-state index contributed by atoms with van der Waals surface area (Å²) in [6, 6.07) is 8.01. The molecule has 1 saturated heterocycles. The Hall–Kier alpha value is -3.23. The normalized spacial score (nSPS) is 17.3. The molecule has 1 unspecified atom stereocenters. The van der Waals surface area contributed by atoms with Gasteiger partial charge in [-0.2, -0.15) is 18.4 Å². The summed E-state index contributed by atoms with van der Waals surface area (Å²) in [4.78, 5) is 21.0. The molecule has 2 aromatic heterocycles. The summed E-state index contributed by atoms with van der Waals surface area (Å²) in [5.41, 5.74) is 6.87. The molecule has 0 radical (unpaired) electrons. The van der Waals surface area contributed by atoms with Crippen LogP contribution in [0.25, 0.3) is 10.9 Å². The molecule has 0 aliphatic carbocycles. The Bertz CT molecular complexity index is 1170. The van der Waals surface area contributed by atoms with Crippen LogP contribution in [0.2, 0.25) is 0 Å². The molecular weight excluding hydrogens is 443 g/mol. The van der Waals surface area contributed by atoms with E-state index in [1.165, 1.54) is 16.7 Å². The van der Waals surface area contributed by atoms with E-state index in [2.05, 4.69) is 16.0 Å². The Morgan fingerprint density at radius 3 is 2.91 bits per heavy atom. The fraction of sp³-hybridized carbons (Fsp3) is 0.286. The first-order valence-corrected chi connectivity index (χ1v) is 10.8. The Balaban J connectivity index is 1.50. The van der Waals surface area contributed by atoms with E-state index in [4.69, 9.17) is 10.5 Å². The van der Waals surface area contributed by atoms with Gasteiger partial charge in [-0.1, -0.05) is 0 Å². The first-order valence-electron chi connectivity index (χ1n) is 9.61. The van der Waals surface area contributed by atoms with Crippen LogP contribution in [0.1, 0.15) is 11.1 Å². The van der Waals surface area contributed by atoms with Crippen molar-refractivity contribution in [2.24, 2.45) is 5.73 Å². The molecule has 1 amide bonds. The van der Waals surface area contributed by atoms with Crippen LogP contribution in [-0.4, -0.2) is 44.5 Å². The van der Waals surface area contributed by atoms with Gasteiger partial charge in [-0.15, -0.1) is 11.8 Å². The fourth-order valence-electron chi connectivity index (χ4n) is 3.42. The number of aromatic nitrogens is 2. The molecule has 11 heteroatoms. The first kappa shape index (κ1) is 22.0. The molecule has 1 aliphatic rings. The Morgan fingerprint density at radius 1 is 1.41 bits per heavy atom. The van der Waals surface area contributed by atoms with Crippen LogP contribution in [0.5, 0.6) is 11.6 Å². The van der Waals surface area contributed by atoms with Gasteiger partial charge < -0.3 is 20.4 Å². The topological polar surface area (TPSA) is 108 Å². The molecule has 0 spiro atoms. The molecule has 32 heavy (non-hydrogen) atoms. The maximum absolute atomic E-state index is 12.7. The number of aromatic amines is 1. The molecule has 7 nitrogen and oxygen atoms in total. The van der Waals surface area contributed by atoms with E-state index in [1.807, 2.05) is 0 Å². The van der Waals surface area contributed by atoms with E-state index in [-0.39, 0.29) is 18.2 Å². The minimum Gasteiger partial charge on any atom is -0.439 e. The highest BCUT2D eigenvalue weighted by Crippen LogP contribution is 2.31. The summed E-state index contributed by atoms with van der Waals surface area (Å²) in [6.45, 7) is 0. The lowest BCUT2D eigenvalue weighted by Gasteiger charge is -2.22. The van der Waals surface area contributed by atoms with Gasteiger partial charge in [0.1, 0.15) is 11.8 Å². The van der Waals surface area contributed by atoms with Crippen molar-refractivity contribution < 1.29 is 22.7 Å². The van der Waals surface area contributed by atoms with Crippen molar-refractivity contribution in [1.29, 1.82) is 5.26 Å². The van der Waals surface area contributed by atoms with Crippen molar-refractivity contribution in [2.75, 3.05) is 11.6 Å². The number of benzene rings is 1. The number of thioether (sulfide) groups is 1. The summed E-state index contributed by atoms with van der Waals surface area (Å²) in [5.74, 6) is 1.14. The molecule has 166 valence electrons. The van der Waals surface area contributed by atoms with Gasteiger partial charge in [0.2, 0.25) is 11.8 Å². The molecule has 2 atom stereocenters. The van der Waals surface area contributed by atoms with Crippen molar-refractivity contribution in [3.8, 4) is 17.7 Å². The van der Waals surface area contributed by atoms with E-state index in [1.54, 1.807) is 24.4 Å². The zero-order valence-electron chi connectivity index (χ0n) is 16.6. The first-order chi connectivity index (χ1) is 15.3. The standard InChI is InChI=1S/C21H18F3N5O2S/c22-21(23,24)13-1-4-19(28-9-13)31-15-2-3-18-16(6-15)12(8-27-18)5-17(26)20(30)29-11-32-10-14(29)7-25/h1-4,6,8-9,14,17,27H,5,10-11,26H2/t14?,17-/m0/s1. The van der Waals surface area contributed by atoms with E-state index < -0.39 is 23.8 Å². The summed E-state index contributed by atoms with van der Waals surface area (Å²) in [5, 5.41) is 9.96. The maximum atomic E-state index is 12.7. The van der Waals surface area contributed by atoms with Crippen molar-refractivity contribution in [3.05, 3.63) is 53.9 Å². The molecular formula is C21H18F3N5O2S. The third kappa shape index (κ3) is 4.51. The number of alkyl halides is 3. The number of nitrogens with two attached hydrogens (primary N) is 1. The third-order valence-electron chi connectivity index (χ3n) is 5.10. The highest BCUT2D eigenvalue weighted by Gasteiger charge is 2.32. The largest absolute Gasteiger partial charge is 0.439 e. The van der Waals surface area contributed by atoms with Gasteiger partial charge in [0.15, 0.2) is 0 Å². The van der Waals surface area contributed by atoms with Gasteiger partial charge >= 0.3 is 6.18 Å². The van der Waals surface area contributed by atoms with Gasteiger partial charge in [-0.25, -0.2) is 4.98 Å². The molecule has 0 bridgehead atoms. The molecule has 1 aromatic carbocycles. The van der Waals surface area contributed by atoms with Crippen LogP contribution < -0.4 is 10.5 Å². The molecule has 1 fully saturated rings. The summed E-state index contributed by atoms with van der Waals surface area (Å²) in [6.07, 6.45) is -1.76. The monoisotopic (exact) mass is 461 g/mol. The lowest BCUT2D eigenvalue weighted by atomic mass is 10.0. The summed E-state index contributed by atoms with van der Waals surface area (Å²) >= 11 is 1.51. The van der Waals surface area contributed by atoms with Gasteiger partial charge in [0, 0.05) is 35.1 Å². The van der Waals surface area contributed by atoms with Crippen LogP contribution in [0.15, 0.2) is 42.7 Å². The average Bonchev–Trinajstić information content (AvgIpc) is 3.40. The number of fused-ring (bicyclic) bond motifs is 1. The number of nitrogens with one attached hydrogen (secondary N) is 1. The smallest absolute Gasteiger partial charge is 0.417 e. The number of pyridine rings is 1. The molecule has 3 heterocycles. The number of ether oxygens (including phenoxy) is 1. The van der Waals surface area contributed by atoms with Crippen molar-refractivity contribution in [3.63, 3.8) is 0 Å². The minimum atomic E-state index is -4.47. The SMILES string of the molecule is N#CC1CSCN1C(=O)[C@@H](N)Cc1c[nH]c2ccc(Oc3ccc(C(F)(F)F)cn3)cc12. The highest BCUT2D eigenvalue weighted by molar-refractivity contribution is 7.99. The zero-order valence-corrected chi connectivity index (χ0v) is 17.4. The number of carbonyl (C=O) groups excluding carboxylic acids is 1. The quantitative estimate of drug-likeness (QED) is 0.600. The zero-order chi connectivity index (χ0) is 22.9. The molecule has 0 saturated carbocycles. The predicted molar refractivity (Wildman–Crippen MR) is 113 cm³/mol. The maximum Gasteiger partial charge on any atom is 0.417 e. The lowest BCUT2D eigenvalue weighted by molar-refractivity contribution is -0.137. The van der Waals surface area contributed by atoms with E-state index in [0.717, 1.165) is 28.6 Å².